The van der Waals surface area contributed by atoms with Crippen molar-refractivity contribution in [3.05, 3.63) is 35.1 Å². The number of rotatable bonds is 6. The molecular weight excluding hydrogens is 237 g/mol. The summed E-state index contributed by atoms with van der Waals surface area (Å²) in [4.78, 5) is 0. The SMILES string of the molecule is CCS(=O)CCNC(C)c1ccc(C)c(F)c1. The maximum atomic E-state index is 13.4. The summed E-state index contributed by atoms with van der Waals surface area (Å²) in [7, 11) is -0.744. The molecule has 1 N–H and O–H groups in total. The average Bonchev–Trinajstić information content (AvgIpc) is 2.32. The van der Waals surface area contributed by atoms with Gasteiger partial charge in [0.1, 0.15) is 5.82 Å². The van der Waals surface area contributed by atoms with Crippen LogP contribution in [0.15, 0.2) is 18.2 Å². The van der Waals surface area contributed by atoms with Crippen LogP contribution in [0.4, 0.5) is 4.39 Å². The van der Waals surface area contributed by atoms with E-state index in [1.807, 2.05) is 19.9 Å². The molecular formula is C13H20FNOS. The standard InChI is InChI=1S/C13H20FNOS/c1-4-17(16)8-7-15-11(3)12-6-5-10(2)13(14)9-12/h5-6,9,11,15H,4,7-8H2,1-3H3. The normalized spacial score (nSPS) is 14.6. The molecule has 0 aliphatic rings. The maximum absolute atomic E-state index is 13.4. The van der Waals surface area contributed by atoms with Crippen LogP contribution in [0.2, 0.25) is 0 Å². The van der Waals surface area contributed by atoms with E-state index in [1.165, 1.54) is 0 Å². The molecule has 0 radical (unpaired) electrons. The van der Waals surface area contributed by atoms with Crippen molar-refractivity contribution >= 4 is 10.8 Å². The van der Waals surface area contributed by atoms with E-state index < -0.39 is 10.8 Å². The molecule has 0 saturated carbocycles. The topological polar surface area (TPSA) is 29.1 Å². The van der Waals surface area contributed by atoms with Crippen molar-refractivity contribution < 1.29 is 8.60 Å². The van der Waals surface area contributed by atoms with Crippen LogP contribution < -0.4 is 5.32 Å². The van der Waals surface area contributed by atoms with Gasteiger partial charge in [0, 0.05) is 34.9 Å². The number of benzene rings is 1. The van der Waals surface area contributed by atoms with Crippen molar-refractivity contribution in [2.24, 2.45) is 0 Å². The summed E-state index contributed by atoms with van der Waals surface area (Å²) in [5.74, 6) is 1.16. The summed E-state index contributed by atoms with van der Waals surface area (Å²) in [6, 6.07) is 5.35. The summed E-state index contributed by atoms with van der Waals surface area (Å²) < 4.78 is 24.6. The predicted molar refractivity (Wildman–Crippen MR) is 71.1 cm³/mol. The van der Waals surface area contributed by atoms with Gasteiger partial charge in [0.15, 0.2) is 0 Å². The first-order valence-corrected chi connectivity index (χ1v) is 7.37. The van der Waals surface area contributed by atoms with Crippen LogP contribution in [0, 0.1) is 12.7 Å². The van der Waals surface area contributed by atoms with E-state index in [2.05, 4.69) is 5.32 Å². The lowest BCUT2D eigenvalue weighted by Crippen LogP contribution is -2.24. The molecule has 96 valence electrons. The number of hydrogen-bond donors (Lipinski definition) is 1. The average molecular weight is 257 g/mol. The fraction of sp³-hybridized carbons (Fsp3) is 0.538. The van der Waals surface area contributed by atoms with Crippen molar-refractivity contribution in [2.75, 3.05) is 18.1 Å². The lowest BCUT2D eigenvalue weighted by molar-refractivity contribution is 0.579. The molecule has 0 spiro atoms. The lowest BCUT2D eigenvalue weighted by Gasteiger charge is -2.14. The first-order chi connectivity index (χ1) is 8.04. The number of halogens is 1. The molecule has 0 heterocycles. The van der Waals surface area contributed by atoms with Gasteiger partial charge in [-0.25, -0.2) is 4.39 Å². The Morgan fingerprint density at radius 2 is 2.18 bits per heavy atom. The molecule has 1 aromatic carbocycles. The molecule has 2 unspecified atom stereocenters. The van der Waals surface area contributed by atoms with Gasteiger partial charge >= 0.3 is 0 Å². The third-order valence-electron chi connectivity index (χ3n) is 2.80. The zero-order valence-corrected chi connectivity index (χ0v) is 11.4. The highest BCUT2D eigenvalue weighted by Gasteiger charge is 2.07. The highest BCUT2D eigenvalue weighted by Crippen LogP contribution is 2.15. The second kappa shape index (κ2) is 6.87. The van der Waals surface area contributed by atoms with E-state index >= 15 is 0 Å². The molecule has 4 heteroatoms. The molecule has 0 aliphatic carbocycles. The van der Waals surface area contributed by atoms with E-state index in [4.69, 9.17) is 0 Å². The Kier molecular flexibility index (Phi) is 5.78. The largest absolute Gasteiger partial charge is 0.309 e. The van der Waals surface area contributed by atoms with E-state index in [0.29, 0.717) is 23.6 Å². The summed E-state index contributed by atoms with van der Waals surface area (Å²) in [5, 5.41) is 3.25. The zero-order chi connectivity index (χ0) is 12.8. The summed E-state index contributed by atoms with van der Waals surface area (Å²) in [5.41, 5.74) is 1.59. The first kappa shape index (κ1) is 14.3. The summed E-state index contributed by atoms with van der Waals surface area (Å²) in [6.07, 6.45) is 0. The number of hydrogen-bond acceptors (Lipinski definition) is 2. The molecule has 1 rings (SSSR count). The van der Waals surface area contributed by atoms with Gasteiger partial charge in [-0.15, -0.1) is 0 Å². The molecule has 17 heavy (non-hydrogen) atoms. The molecule has 0 aliphatic heterocycles. The van der Waals surface area contributed by atoms with Crippen LogP contribution in [0.1, 0.15) is 31.0 Å². The minimum Gasteiger partial charge on any atom is -0.309 e. The Bertz CT molecular complexity index is 395. The Morgan fingerprint density at radius 1 is 1.47 bits per heavy atom. The molecule has 0 amide bonds. The van der Waals surface area contributed by atoms with Crippen molar-refractivity contribution in [2.45, 2.75) is 26.8 Å². The van der Waals surface area contributed by atoms with Gasteiger partial charge in [0.05, 0.1) is 0 Å². The third kappa shape index (κ3) is 4.56. The van der Waals surface area contributed by atoms with E-state index in [-0.39, 0.29) is 11.9 Å². The second-order valence-corrected chi connectivity index (χ2v) is 5.98. The van der Waals surface area contributed by atoms with E-state index in [9.17, 15) is 8.60 Å². The highest BCUT2D eigenvalue weighted by atomic mass is 32.2. The Hall–Kier alpha value is -0.740. The molecule has 0 fully saturated rings. The van der Waals surface area contributed by atoms with Gasteiger partial charge in [-0.05, 0) is 31.0 Å². The highest BCUT2D eigenvalue weighted by molar-refractivity contribution is 7.84. The molecule has 0 aromatic heterocycles. The summed E-state index contributed by atoms with van der Waals surface area (Å²) in [6.45, 7) is 6.34. The zero-order valence-electron chi connectivity index (χ0n) is 10.6. The second-order valence-electron chi connectivity index (χ2n) is 4.12. The lowest BCUT2D eigenvalue weighted by atomic mass is 10.1. The molecule has 2 nitrogen and oxygen atoms in total. The van der Waals surface area contributed by atoms with Crippen LogP contribution in [0.25, 0.3) is 0 Å². The van der Waals surface area contributed by atoms with Crippen LogP contribution >= 0.6 is 0 Å². The van der Waals surface area contributed by atoms with Gasteiger partial charge < -0.3 is 5.32 Å². The number of aryl methyl sites for hydroxylation is 1. The van der Waals surface area contributed by atoms with Gasteiger partial charge in [-0.3, -0.25) is 4.21 Å². The Morgan fingerprint density at radius 3 is 2.76 bits per heavy atom. The smallest absolute Gasteiger partial charge is 0.126 e. The van der Waals surface area contributed by atoms with Gasteiger partial charge in [0.25, 0.3) is 0 Å². The Labute approximate surface area is 105 Å². The fourth-order valence-electron chi connectivity index (χ4n) is 1.53. The van der Waals surface area contributed by atoms with Gasteiger partial charge in [-0.2, -0.15) is 0 Å². The third-order valence-corrected chi connectivity index (χ3v) is 4.10. The van der Waals surface area contributed by atoms with Crippen LogP contribution in [0.3, 0.4) is 0 Å². The quantitative estimate of drug-likeness (QED) is 0.848. The van der Waals surface area contributed by atoms with Crippen LogP contribution in [0.5, 0.6) is 0 Å². The predicted octanol–water partition coefficient (Wildman–Crippen LogP) is 2.55. The minimum atomic E-state index is -0.744. The first-order valence-electron chi connectivity index (χ1n) is 5.89. The molecule has 0 bridgehead atoms. The minimum absolute atomic E-state index is 0.0824. The Balaban J connectivity index is 2.49. The summed E-state index contributed by atoms with van der Waals surface area (Å²) >= 11 is 0. The van der Waals surface area contributed by atoms with E-state index in [0.717, 1.165) is 5.56 Å². The number of nitrogens with one attached hydrogen (secondary N) is 1. The van der Waals surface area contributed by atoms with Crippen molar-refractivity contribution in [3.63, 3.8) is 0 Å². The van der Waals surface area contributed by atoms with Crippen molar-refractivity contribution in [3.8, 4) is 0 Å². The fourth-order valence-corrected chi connectivity index (χ4v) is 2.16. The van der Waals surface area contributed by atoms with Crippen molar-refractivity contribution in [1.29, 1.82) is 0 Å². The molecule has 2 atom stereocenters. The van der Waals surface area contributed by atoms with Gasteiger partial charge in [-0.1, -0.05) is 19.1 Å². The van der Waals surface area contributed by atoms with Crippen molar-refractivity contribution in [1.82, 2.24) is 5.32 Å². The van der Waals surface area contributed by atoms with Gasteiger partial charge in [0.2, 0.25) is 0 Å². The molecule has 0 saturated heterocycles. The van der Waals surface area contributed by atoms with Crippen LogP contribution in [-0.4, -0.2) is 22.3 Å². The molecule has 1 aromatic rings. The van der Waals surface area contributed by atoms with E-state index in [1.54, 1.807) is 19.1 Å². The maximum Gasteiger partial charge on any atom is 0.126 e. The monoisotopic (exact) mass is 257 g/mol. The van der Waals surface area contributed by atoms with Crippen LogP contribution in [-0.2, 0) is 10.8 Å².